The standard InChI is InChI=1S/C43H57N3OS/c1-11-16-17-18-19-27-37(33(8)23-12-2)42(48)41(32(6)7)46(38-28-21-20-25-34(38)9)43(44-30-14-4)45-31-36(24-13-3)40-35(15-5)26-22-29-39(40)47-10/h11,14,16-21,23-26,28,30,48H,1,4,12-13,15,22,27,29,31H2,2-3,5-10H3/b17-16-,19-18-,33-23+,36-24-,42-37+,44-30?,45-43?. The van der Waals surface area contributed by atoms with Gasteiger partial charge in [-0.25, -0.2) is 9.98 Å². The van der Waals surface area contributed by atoms with Crippen LogP contribution in [0.4, 0.5) is 5.69 Å². The van der Waals surface area contributed by atoms with Crippen LogP contribution in [0.1, 0.15) is 85.6 Å². The third-order valence-corrected chi connectivity index (χ3v) is 8.50. The van der Waals surface area contributed by atoms with Gasteiger partial charge in [-0.2, -0.15) is 0 Å². The van der Waals surface area contributed by atoms with Gasteiger partial charge in [-0.1, -0.05) is 118 Å². The first-order valence-corrected chi connectivity index (χ1v) is 17.6. The molecule has 0 atom stereocenters. The summed E-state index contributed by atoms with van der Waals surface area (Å²) < 4.78 is 5.94. The van der Waals surface area contributed by atoms with Crippen LogP contribution in [0.15, 0.2) is 152 Å². The van der Waals surface area contributed by atoms with Gasteiger partial charge in [-0.05, 0) is 88.1 Å². The lowest BCUT2D eigenvalue weighted by Gasteiger charge is -2.31. The van der Waals surface area contributed by atoms with E-state index in [2.05, 4.69) is 121 Å². The number of ether oxygens (including phenoxy) is 1. The van der Waals surface area contributed by atoms with Crippen molar-refractivity contribution >= 4 is 30.5 Å². The number of methoxy groups -OCH3 is 1. The summed E-state index contributed by atoms with van der Waals surface area (Å²) in [7, 11) is 1.78. The Morgan fingerprint density at radius 3 is 2.33 bits per heavy atom. The first kappa shape index (κ1) is 40.1. The van der Waals surface area contributed by atoms with Crippen molar-refractivity contribution in [2.45, 2.75) is 87.0 Å². The predicted molar refractivity (Wildman–Crippen MR) is 216 cm³/mol. The Morgan fingerprint density at radius 1 is 1.00 bits per heavy atom. The topological polar surface area (TPSA) is 37.2 Å². The zero-order valence-electron chi connectivity index (χ0n) is 30.6. The number of aliphatic imine (C=N–C) groups is 2. The predicted octanol–water partition coefficient (Wildman–Crippen LogP) is 12.3. The van der Waals surface area contributed by atoms with Gasteiger partial charge in [0.1, 0.15) is 5.76 Å². The Balaban J connectivity index is 2.96. The van der Waals surface area contributed by atoms with Crippen LogP contribution in [-0.2, 0) is 4.74 Å². The van der Waals surface area contributed by atoms with Crippen molar-refractivity contribution in [3.8, 4) is 0 Å². The van der Waals surface area contributed by atoms with Crippen LogP contribution in [0, 0.1) is 6.92 Å². The second kappa shape index (κ2) is 21.7. The maximum atomic E-state index is 5.94. The monoisotopic (exact) mass is 663 g/mol. The minimum atomic E-state index is 0.446. The summed E-state index contributed by atoms with van der Waals surface area (Å²) in [6, 6.07) is 8.37. The first-order chi connectivity index (χ1) is 23.2. The molecule has 0 saturated heterocycles. The Labute approximate surface area is 297 Å². The molecule has 0 aromatic heterocycles. The molecule has 5 heteroatoms. The van der Waals surface area contributed by atoms with Gasteiger partial charge in [0.2, 0.25) is 5.96 Å². The van der Waals surface area contributed by atoms with Gasteiger partial charge in [0.25, 0.3) is 0 Å². The summed E-state index contributed by atoms with van der Waals surface area (Å²) in [4.78, 5) is 13.3. The van der Waals surface area contributed by atoms with Crippen molar-refractivity contribution in [2.75, 3.05) is 18.6 Å². The fourth-order valence-corrected chi connectivity index (χ4v) is 6.35. The molecular formula is C43H57N3OS. The van der Waals surface area contributed by atoms with Gasteiger partial charge in [0, 0.05) is 23.1 Å². The van der Waals surface area contributed by atoms with E-state index < -0.39 is 0 Å². The number of para-hydroxylation sites is 1. The molecule has 1 aromatic carbocycles. The number of anilines is 1. The smallest absolute Gasteiger partial charge is 0.230 e. The highest BCUT2D eigenvalue weighted by Crippen LogP contribution is 2.37. The Morgan fingerprint density at radius 2 is 1.73 bits per heavy atom. The average molecular weight is 664 g/mol. The molecule has 4 nitrogen and oxygen atoms in total. The van der Waals surface area contributed by atoms with Crippen LogP contribution in [0.3, 0.4) is 0 Å². The van der Waals surface area contributed by atoms with Gasteiger partial charge < -0.3 is 4.74 Å². The molecule has 2 rings (SSSR count). The molecule has 1 aromatic rings. The van der Waals surface area contributed by atoms with Crippen LogP contribution in [0.2, 0.25) is 0 Å². The SMILES string of the molecule is C=CC=NC(=NC/C(=C/CC)C1=C(OC)CCC=C1CC)N(C(=C(C)C)/C(S)=C(C/C=C\C=C/C=C)\C(C)=C\CC)c1ccccc1C. The van der Waals surface area contributed by atoms with Crippen molar-refractivity contribution in [2.24, 2.45) is 9.98 Å². The van der Waals surface area contributed by atoms with Crippen molar-refractivity contribution in [1.82, 2.24) is 0 Å². The van der Waals surface area contributed by atoms with Crippen LogP contribution < -0.4 is 4.90 Å². The molecule has 0 N–H and O–H groups in total. The number of hydrogen-bond acceptors (Lipinski definition) is 3. The van der Waals surface area contributed by atoms with E-state index in [4.69, 9.17) is 27.4 Å². The number of aryl methyl sites for hydroxylation is 1. The fourth-order valence-electron chi connectivity index (χ4n) is 5.76. The highest BCUT2D eigenvalue weighted by Gasteiger charge is 2.26. The van der Waals surface area contributed by atoms with Gasteiger partial charge in [0.05, 0.1) is 25.0 Å². The second-order valence-corrected chi connectivity index (χ2v) is 12.2. The summed E-state index contributed by atoms with van der Waals surface area (Å²) in [5, 5.41) is 0. The largest absolute Gasteiger partial charge is 0.500 e. The molecule has 0 unspecified atom stereocenters. The minimum absolute atomic E-state index is 0.446. The maximum Gasteiger partial charge on any atom is 0.230 e. The lowest BCUT2D eigenvalue weighted by Crippen LogP contribution is -2.31. The average Bonchev–Trinajstić information content (AvgIpc) is 3.08. The molecule has 1 aliphatic carbocycles. The molecule has 0 radical (unpaired) electrons. The first-order valence-electron chi connectivity index (χ1n) is 17.1. The molecule has 0 spiro atoms. The number of nitrogens with zero attached hydrogens (tertiary/aromatic N) is 3. The lowest BCUT2D eigenvalue weighted by molar-refractivity contribution is 0.272. The number of rotatable bonds is 16. The second-order valence-electron chi connectivity index (χ2n) is 11.7. The molecule has 0 amide bonds. The van der Waals surface area contributed by atoms with E-state index in [-0.39, 0.29) is 0 Å². The molecule has 0 saturated carbocycles. The number of guanidine groups is 1. The molecule has 1 aliphatic rings. The van der Waals surface area contributed by atoms with Gasteiger partial charge in [-0.3, -0.25) is 4.90 Å². The van der Waals surface area contributed by atoms with Crippen LogP contribution in [0.25, 0.3) is 0 Å². The summed E-state index contributed by atoms with van der Waals surface area (Å²) >= 11 is 5.32. The van der Waals surface area contributed by atoms with E-state index >= 15 is 0 Å². The van der Waals surface area contributed by atoms with Crippen LogP contribution >= 0.6 is 12.6 Å². The van der Waals surface area contributed by atoms with E-state index in [1.165, 1.54) is 16.7 Å². The summed E-state index contributed by atoms with van der Waals surface area (Å²) in [5.41, 5.74) is 10.1. The quantitative estimate of drug-likeness (QED) is 0.0827. The molecule has 0 fully saturated rings. The third kappa shape index (κ3) is 11.3. The van der Waals surface area contributed by atoms with Crippen LogP contribution in [0.5, 0.6) is 0 Å². The summed E-state index contributed by atoms with van der Waals surface area (Å²) in [5.74, 6) is 1.59. The Bertz CT molecular complexity index is 1580. The van der Waals surface area contributed by atoms with E-state index in [0.717, 1.165) is 76.4 Å². The highest BCUT2D eigenvalue weighted by atomic mass is 32.1. The molecular weight excluding hydrogens is 607 g/mol. The summed E-state index contributed by atoms with van der Waals surface area (Å²) in [6.45, 7) is 23.2. The Hall–Kier alpha value is -4.09. The van der Waals surface area contributed by atoms with E-state index in [9.17, 15) is 0 Å². The molecule has 0 bridgehead atoms. The van der Waals surface area contributed by atoms with Crippen molar-refractivity contribution < 1.29 is 4.74 Å². The molecule has 0 heterocycles. The van der Waals surface area contributed by atoms with E-state index in [1.54, 1.807) is 25.5 Å². The van der Waals surface area contributed by atoms with Crippen molar-refractivity contribution in [3.05, 3.63) is 147 Å². The number of allylic oxidation sites excluding steroid dienone is 14. The maximum absolute atomic E-state index is 5.94. The minimum Gasteiger partial charge on any atom is -0.500 e. The zero-order valence-corrected chi connectivity index (χ0v) is 31.5. The number of hydrogen-bond donors (Lipinski definition) is 1. The van der Waals surface area contributed by atoms with Gasteiger partial charge in [0.15, 0.2) is 0 Å². The lowest BCUT2D eigenvalue weighted by atomic mass is 9.88. The van der Waals surface area contributed by atoms with Gasteiger partial charge >= 0.3 is 0 Å². The molecule has 0 aliphatic heterocycles. The molecule has 256 valence electrons. The summed E-state index contributed by atoms with van der Waals surface area (Å²) in [6.07, 6.45) is 25.6. The fraction of sp³-hybridized carbons (Fsp3) is 0.349. The number of thiol groups is 1. The van der Waals surface area contributed by atoms with Crippen molar-refractivity contribution in [1.29, 1.82) is 0 Å². The van der Waals surface area contributed by atoms with Crippen molar-refractivity contribution in [3.63, 3.8) is 0 Å². The highest BCUT2D eigenvalue weighted by molar-refractivity contribution is 7.84. The van der Waals surface area contributed by atoms with E-state index in [1.807, 2.05) is 12.2 Å². The third-order valence-electron chi connectivity index (χ3n) is 8.01. The van der Waals surface area contributed by atoms with Crippen LogP contribution in [-0.4, -0.2) is 25.8 Å². The normalized spacial score (nSPS) is 15.3. The van der Waals surface area contributed by atoms with Gasteiger partial charge in [-0.15, -0.1) is 12.6 Å². The molecule has 48 heavy (non-hydrogen) atoms. The number of benzene rings is 1. The Kier molecular flexibility index (Phi) is 18.1. The zero-order chi connectivity index (χ0) is 35.5. The van der Waals surface area contributed by atoms with E-state index in [0.29, 0.717) is 18.9 Å².